The number of hydrogen-bond donors (Lipinski definition) is 3. The van der Waals surface area contributed by atoms with Gasteiger partial charge in [0.2, 0.25) is 5.91 Å². The summed E-state index contributed by atoms with van der Waals surface area (Å²) in [7, 11) is 0. The highest BCUT2D eigenvalue weighted by Gasteiger charge is 2.13. The molecular formula is C10H17N3O. The van der Waals surface area contributed by atoms with Gasteiger partial charge in [0.25, 0.3) is 0 Å². The second-order valence-corrected chi connectivity index (χ2v) is 3.33. The molecule has 0 saturated heterocycles. The van der Waals surface area contributed by atoms with E-state index in [1.807, 2.05) is 0 Å². The summed E-state index contributed by atoms with van der Waals surface area (Å²) in [6.45, 7) is 2.30. The van der Waals surface area contributed by atoms with Crippen LogP contribution in [-0.2, 0) is 4.79 Å². The Balaban J connectivity index is 2.40. The molecule has 1 unspecified atom stereocenters. The molecule has 0 saturated carbocycles. The number of nitrogens with two attached hydrogens (primary N) is 1. The van der Waals surface area contributed by atoms with Gasteiger partial charge >= 0.3 is 0 Å². The number of carbonyl (C=O) groups is 1. The summed E-state index contributed by atoms with van der Waals surface area (Å²) in [6, 6.07) is -0.198. The van der Waals surface area contributed by atoms with Gasteiger partial charge < -0.3 is 16.4 Å². The minimum atomic E-state index is -0.266. The van der Waals surface area contributed by atoms with Gasteiger partial charge in [-0.25, -0.2) is 0 Å². The van der Waals surface area contributed by atoms with Gasteiger partial charge in [-0.2, -0.15) is 0 Å². The molecule has 0 spiro atoms. The average Bonchev–Trinajstić information content (AvgIpc) is 2.21. The molecule has 14 heavy (non-hydrogen) atoms. The van der Waals surface area contributed by atoms with Crippen molar-refractivity contribution < 1.29 is 4.79 Å². The van der Waals surface area contributed by atoms with E-state index in [1.54, 1.807) is 0 Å². The van der Waals surface area contributed by atoms with Gasteiger partial charge in [0.05, 0.1) is 12.6 Å². The van der Waals surface area contributed by atoms with Gasteiger partial charge in [-0.15, -0.1) is 5.92 Å². The fourth-order valence-corrected chi connectivity index (χ4v) is 1.38. The van der Waals surface area contributed by atoms with E-state index < -0.39 is 0 Å². The van der Waals surface area contributed by atoms with Crippen molar-refractivity contribution in [3.05, 3.63) is 0 Å². The first-order valence-corrected chi connectivity index (χ1v) is 5.00. The maximum Gasteiger partial charge on any atom is 0.234 e. The fraction of sp³-hybridized carbons (Fsp3) is 0.700. The van der Waals surface area contributed by atoms with Crippen molar-refractivity contribution in [2.45, 2.75) is 25.3 Å². The molecule has 0 bridgehead atoms. The first kappa shape index (κ1) is 11.0. The summed E-state index contributed by atoms with van der Waals surface area (Å²) in [5.74, 6) is 5.81. The lowest BCUT2D eigenvalue weighted by Gasteiger charge is -2.14. The molecule has 0 radical (unpaired) electrons. The van der Waals surface area contributed by atoms with Crippen molar-refractivity contribution in [1.82, 2.24) is 10.6 Å². The lowest BCUT2D eigenvalue weighted by Crippen LogP contribution is -2.43. The Morgan fingerprint density at radius 1 is 1.36 bits per heavy atom. The van der Waals surface area contributed by atoms with Gasteiger partial charge in [-0.1, -0.05) is 5.92 Å². The highest BCUT2D eigenvalue weighted by atomic mass is 16.1. The van der Waals surface area contributed by atoms with Crippen LogP contribution in [0.5, 0.6) is 0 Å². The molecule has 0 aromatic carbocycles. The number of nitrogens with one attached hydrogen (secondary N) is 2. The van der Waals surface area contributed by atoms with E-state index >= 15 is 0 Å². The van der Waals surface area contributed by atoms with Crippen LogP contribution in [0.1, 0.15) is 19.3 Å². The molecule has 78 valence electrons. The summed E-state index contributed by atoms with van der Waals surface area (Å²) < 4.78 is 0. The Hall–Kier alpha value is -1.05. The molecule has 4 N–H and O–H groups in total. The van der Waals surface area contributed by atoms with E-state index in [0.717, 1.165) is 38.9 Å². The van der Waals surface area contributed by atoms with Crippen molar-refractivity contribution >= 4 is 5.91 Å². The summed E-state index contributed by atoms with van der Waals surface area (Å²) in [5, 5.41) is 6.28. The Morgan fingerprint density at radius 3 is 3.00 bits per heavy atom. The Bertz CT molecular complexity index is 241. The number of rotatable bonds is 1. The average molecular weight is 195 g/mol. The highest BCUT2D eigenvalue weighted by Crippen LogP contribution is 2.00. The third-order valence-electron chi connectivity index (χ3n) is 2.17. The first-order valence-electron chi connectivity index (χ1n) is 5.00. The van der Waals surface area contributed by atoms with Gasteiger partial charge in [-0.3, -0.25) is 4.79 Å². The van der Waals surface area contributed by atoms with Crippen molar-refractivity contribution in [1.29, 1.82) is 0 Å². The molecule has 4 heteroatoms. The van der Waals surface area contributed by atoms with Crippen LogP contribution in [0.15, 0.2) is 0 Å². The lowest BCUT2D eigenvalue weighted by molar-refractivity contribution is -0.120. The molecule has 0 aromatic rings. The molecule has 1 atom stereocenters. The summed E-state index contributed by atoms with van der Waals surface area (Å²) in [4.78, 5) is 11.0. The Labute approximate surface area is 84.6 Å². The van der Waals surface area contributed by atoms with E-state index in [0.29, 0.717) is 0 Å². The monoisotopic (exact) mass is 195 g/mol. The third-order valence-corrected chi connectivity index (χ3v) is 2.17. The standard InChI is InChI=1S/C10H17N3O/c11-10(14)9-5-3-1-2-4-6-12-7-8-13-9/h9,12-13H,1,3,5-8H2,(H2,11,14). The maximum absolute atomic E-state index is 11.0. The van der Waals surface area contributed by atoms with Crippen LogP contribution < -0.4 is 16.4 Å². The van der Waals surface area contributed by atoms with Gasteiger partial charge in [-0.05, 0) is 12.8 Å². The zero-order valence-electron chi connectivity index (χ0n) is 8.31. The Kier molecular flexibility index (Phi) is 5.05. The zero-order valence-corrected chi connectivity index (χ0v) is 8.31. The molecule has 1 heterocycles. The van der Waals surface area contributed by atoms with E-state index in [2.05, 4.69) is 22.5 Å². The maximum atomic E-state index is 11.0. The van der Waals surface area contributed by atoms with Crippen LogP contribution in [0.3, 0.4) is 0 Å². The molecule has 0 fully saturated rings. The minimum Gasteiger partial charge on any atom is -0.368 e. The minimum absolute atomic E-state index is 0.198. The highest BCUT2D eigenvalue weighted by molar-refractivity contribution is 5.79. The molecule has 1 aliphatic heterocycles. The van der Waals surface area contributed by atoms with Crippen molar-refractivity contribution in [3.63, 3.8) is 0 Å². The normalized spacial score (nSPS) is 24.1. The predicted octanol–water partition coefficient (Wildman–Crippen LogP) is -0.793. The summed E-state index contributed by atoms with van der Waals surface area (Å²) in [6.07, 6.45) is 2.55. The van der Waals surface area contributed by atoms with Crippen LogP contribution in [-0.4, -0.2) is 31.6 Å². The van der Waals surface area contributed by atoms with Crippen LogP contribution >= 0.6 is 0 Å². The van der Waals surface area contributed by atoms with Crippen molar-refractivity contribution in [2.24, 2.45) is 5.73 Å². The zero-order chi connectivity index (χ0) is 10.2. The largest absolute Gasteiger partial charge is 0.368 e. The second kappa shape index (κ2) is 6.41. The van der Waals surface area contributed by atoms with Crippen molar-refractivity contribution in [3.8, 4) is 11.8 Å². The van der Waals surface area contributed by atoms with Gasteiger partial charge in [0.15, 0.2) is 0 Å². The number of primary amides is 1. The van der Waals surface area contributed by atoms with Gasteiger partial charge in [0.1, 0.15) is 0 Å². The van der Waals surface area contributed by atoms with E-state index in [1.165, 1.54) is 0 Å². The van der Waals surface area contributed by atoms with E-state index in [9.17, 15) is 4.79 Å². The van der Waals surface area contributed by atoms with Crippen LogP contribution in [0.4, 0.5) is 0 Å². The van der Waals surface area contributed by atoms with E-state index in [-0.39, 0.29) is 11.9 Å². The number of hydrogen-bond acceptors (Lipinski definition) is 3. The van der Waals surface area contributed by atoms with Crippen molar-refractivity contribution in [2.75, 3.05) is 19.6 Å². The third kappa shape index (κ3) is 4.26. The predicted molar refractivity (Wildman–Crippen MR) is 55.5 cm³/mol. The quantitative estimate of drug-likeness (QED) is 0.480. The number of carbonyl (C=O) groups excluding carboxylic acids is 1. The topological polar surface area (TPSA) is 67.2 Å². The molecule has 1 amide bonds. The first-order chi connectivity index (χ1) is 6.80. The van der Waals surface area contributed by atoms with Crippen LogP contribution in [0.2, 0.25) is 0 Å². The molecule has 0 aromatic heterocycles. The molecule has 0 aliphatic carbocycles. The molecule has 1 aliphatic rings. The van der Waals surface area contributed by atoms with Crippen LogP contribution in [0.25, 0.3) is 0 Å². The molecular weight excluding hydrogens is 178 g/mol. The summed E-state index contributed by atoms with van der Waals surface area (Å²) >= 11 is 0. The van der Waals surface area contributed by atoms with Crippen LogP contribution in [0, 0.1) is 11.8 Å². The van der Waals surface area contributed by atoms with E-state index in [4.69, 9.17) is 5.73 Å². The Morgan fingerprint density at radius 2 is 2.21 bits per heavy atom. The van der Waals surface area contributed by atoms with Gasteiger partial charge in [0, 0.05) is 19.5 Å². The summed E-state index contributed by atoms with van der Waals surface area (Å²) in [5.41, 5.74) is 5.26. The smallest absolute Gasteiger partial charge is 0.234 e. The molecule has 1 rings (SSSR count). The fourth-order valence-electron chi connectivity index (χ4n) is 1.38. The SMILES string of the molecule is NC(=O)C1CCCC#CCNCCN1. The second-order valence-electron chi connectivity index (χ2n) is 3.33. The number of amides is 1. The lowest BCUT2D eigenvalue weighted by atomic mass is 10.1. The molecule has 4 nitrogen and oxygen atoms in total.